The van der Waals surface area contributed by atoms with Crippen molar-refractivity contribution in [3.63, 3.8) is 0 Å². The number of benzene rings is 1. The summed E-state index contributed by atoms with van der Waals surface area (Å²) in [7, 11) is 0. The molecule has 1 saturated heterocycles. The summed E-state index contributed by atoms with van der Waals surface area (Å²) >= 11 is 0. The van der Waals surface area contributed by atoms with Crippen molar-refractivity contribution in [3.05, 3.63) is 52.7 Å². The molecule has 1 fully saturated rings. The van der Waals surface area contributed by atoms with E-state index >= 15 is 0 Å². The van der Waals surface area contributed by atoms with Crippen LogP contribution < -0.4 is 4.90 Å². The Morgan fingerprint density at radius 3 is 2.76 bits per heavy atom. The number of nitrogens with zero attached hydrogens (tertiary/aromatic N) is 6. The number of hydrogen-bond acceptors (Lipinski definition) is 6. The third-order valence-electron chi connectivity index (χ3n) is 4.74. The quantitative estimate of drug-likeness (QED) is 0.539. The molecule has 1 aliphatic rings. The van der Waals surface area contributed by atoms with Crippen LogP contribution in [0.15, 0.2) is 36.9 Å². The van der Waals surface area contributed by atoms with Crippen molar-refractivity contribution in [1.29, 1.82) is 0 Å². The van der Waals surface area contributed by atoms with E-state index in [4.69, 9.17) is 0 Å². The van der Waals surface area contributed by atoms with Gasteiger partial charge < -0.3 is 4.90 Å². The average Bonchev–Trinajstić information content (AvgIpc) is 3.15. The number of fused-ring (bicyclic) bond motifs is 1. The number of piperidine rings is 1. The Bertz CT molecular complexity index is 916. The van der Waals surface area contributed by atoms with Crippen LogP contribution in [0.1, 0.15) is 24.6 Å². The van der Waals surface area contributed by atoms with E-state index in [0.29, 0.717) is 11.6 Å². The predicted octanol–water partition coefficient (Wildman–Crippen LogP) is 2.88. The lowest BCUT2D eigenvalue weighted by atomic mass is 10.0. The zero-order valence-corrected chi connectivity index (χ0v) is 13.9. The van der Waals surface area contributed by atoms with Gasteiger partial charge in [-0.25, -0.2) is 14.6 Å². The number of nitro groups is 1. The Labute approximate surface area is 144 Å². The van der Waals surface area contributed by atoms with E-state index in [0.717, 1.165) is 42.7 Å². The Morgan fingerprint density at radius 2 is 2.08 bits per heavy atom. The molecule has 2 aromatic heterocycles. The predicted molar refractivity (Wildman–Crippen MR) is 93.6 cm³/mol. The summed E-state index contributed by atoms with van der Waals surface area (Å²) in [4.78, 5) is 21.7. The first-order valence-corrected chi connectivity index (χ1v) is 8.27. The first-order valence-electron chi connectivity index (χ1n) is 8.27. The minimum atomic E-state index is -0.366. The van der Waals surface area contributed by atoms with Gasteiger partial charge in [0.2, 0.25) is 0 Å². The van der Waals surface area contributed by atoms with Gasteiger partial charge in [0.1, 0.15) is 12.7 Å². The maximum absolute atomic E-state index is 11.3. The molecule has 0 amide bonds. The minimum Gasteiger partial charge on any atom is -0.371 e. The van der Waals surface area contributed by atoms with Crippen molar-refractivity contribution in [2.75, 3.05) is 18.0 Å². The molecule has 0 unspecified atom stereocenters. The summed E-state index contributed by atoms with van der Waals surface area (Å²) in [5, 5.41) is 16.4. The average molecular weight is 338 g/mol. The van der Waals surface area contributed by atoms with E-state index in [-0.39, 0.29) is 10.6 Å². The van der Waals surface area contributed by atoms with Gasteiger partial charge in [0.15, 0.2) is 5.52 Å². The fourth-order valence-electron chi connectivity index (χ4n) is 3.53. The molecule has 3 aromatic rings. The second-order valence-corrected chi connectivity index (χ2v) is 6.31. The molecule has 0 radical (unpaired) electrons. The normalized spacial score (nSPS) is 15.6. The molecule has 0 saturated carbocycles. The highest BCUT2D eigenvalue weighted by Crippen LogP contribution is 2.34. The zero-order chi connectivity index (χ0) is 17.4. The lowest BCUT2D eigenvalue weighted by Gasteiger charge is -2.34. The Kier molecular flexibility index (Phi) is 3.79. The fraction of sp³-hybridized carbons (Fsp3) is 0.353. The zero-order valence-electron chi connectivity index (χ0n) is 13.9. The van der Waals surface area contributed by atoms with Crippen molar-refractivity contribution in [2.24, 2.45) is 0 Å². The molecule has 0 atom stereocenters. The summed E-state index contributed by atoms with van der Waals surface area (Å²) in [5.74, 6) is 0. The second kappa shape index (κ2) is 6.12. The number of pyridine rings is 1. The molecule has 1 aliphatic heterocycles. The number of para-hydroxylation sites is 1. The highest BCUT2D eigenvalue weighted by molar-refractivity contribution is 5.97. The van der Waals surface area contributed by atoms with E-state index in [1.807, 2.05) is 23.7 Å². The van der Waals surface area contributed by atoms with Crippen molar-refractivity contribution in [3.8, 4) is 0 Å². The Balaban J connectivity index is 1.68. The highest BCUT2D eigenvalue weighted by Gasteiger charge is 2.24. The van der Waals surface area contributed by atoms with Crippen LogP contribution in [0.5, 0.6) is 0 Å². The molecule has 3 heterocycles. The number of rotatable bonds is 3. The van der Waals surface area contributed by atoms with Gasteiger partial charge in [-0.3, -0.25) is 10.1 Å². The molecule has 128 valence electrons. The van der Waals surface area contributed by atoms with E-state index in [2.05, 4.69) is 20.0 Å². The lowest BCUT2D eigenvalue weighted by Crippen LogP contribution is -2.35. The van der Waals surface area contributed by atoms with Gasteiger partial charge in [-0.2, -0.15) is 5.10 Å². The van der Waals surface area contributed by atoms with Gasteiger partial charge in [0.05, 0.1) is 11.0 Å². The molecular weight excluding hydrogens is 320 g/mol. The maximum Gasteiger partial charge on any atom is 0.295 e. The van der Waals surface area contributed by atoms with E-state index in [1.165, 1.54) is 6.07 Å². The molecule has 25 heavy (non-hydrogen) atoms. The third-order valence-corrected chi connectivity index (χ3v) is 4.74. The van der Waals surface area contributed by atoms with Gasteiger partial charge >= 0.3 is 0 Å². The first kappa shape index (κ1) is 15.5. The topological polar surface area (TPSA) is 90.0 Å². The molecule has 0 aliphatic carbocycles. The van der Waals surface area contributed by atoms with Crippen molar-refractivity contribution >= 4 is 22.3 Å². The lowest BCUT2D eigenvalue weighted by molar-refractivity contribution is -0.383. The van der Waals surface area contributed by atoms with Crippen LogP contribution in [0.3, 0.4) is 0 Å². The van der Waals surface area contributed by atoms with Gasteiger partial charge in [0.25, 0.3) is 5.69 Å². The molecule has 8 nitrogen and oxygen atoms in total. The van der Waals surface area contributed by atoms with E-state index in [9.17, 15) is 10.1 Å². The third kappa shape index (κ3) is 2.79. The summed E-state index contributed by atoms with van der Waals surface area (Å²) in [6, 6.07) is 7.51. The van der Waals surface area contributed by atoms with Gasteiger partial charge in [-0.15, -0.1) is 0 Å². The van der Waals surface area contributed by atoms with Crippen LogP contribution >= 0.6 is 0 Å². The van der Waals surface area contributed by atoms with Crippen molar-refractivity contribution in [1.82, 2.24) is 19.7 Å². The van der Waals surface area contributed by atoms with Gasteiger partial charge in [-0.05, 0) is 25.8 Å². The number of aryl methyl sites for hydroxylation is 1. The maximum atomic E-state index is 11.3. The standard InChI is InChI=1S/C17H18N6O2/c1-12-9-16(14-3-2-4-15(23(24)25)17(14)20-12)21-7-5-13(6-8-21)22-11-18-10-19-22/h2-4,9-11,13H,5-8H2,1H3. The number of hydrogen-bond donors (Lipinski definition) is 0. The van der Waals surface area contributed by atoms with Crippen LogP contribution in [-0.4, -0.2) is 37.8 Å². The summed E-state index contributed by atoms with van der Waals surface area (Å²) < 4.78 is 1.91. The largest absolute Gasteiger partial charge is 0.371 e. The number of aromatic nitrogens is 4. The highest BCUT2D eigenvalue weighted by atomic mass is 16.6. The fourth-order valence-corrected chi connectivity index (χ4v) is 3.53. The Morgan fingerprint density at radius 1 is 1.28 bits per heavy atom. The molecular formula is C17H18N6O2. The van der Waals surface area contributed by atoms with Gasteiger partial charge in [-0.1, -0.05) is 12.1 Å². The first-order chi connectivity index (χ1) is 12.1. The summed E-state index contributed by atoms with van der Waals surface area (Å²) in [6.07, 6.45) is 5.24. The summed E-state index contributed by atoms with van der Waals surface area (Å²) in [6.45, 7) is 3.61. The summed E-state index contributed by atoms with van der Waals surface area (Å²) in [5.41, 5.74) is 2.32. The van der Waals surface area contributed by atoms with Gasteiger partial charge in [0, 0.05) is 35.9 Å². The van der Waals surface area contributed by atoms with Crippen LogP contribution in [0.4, 0.5) is 11.4 Å². The number of anilines is 1. The number of nitro benzene ring substituents is 1. The molecule has 0 spiro atoms. The smallest absolute Gasteiger partial charge is 0.295 e. The SMILES string of the molecule is Cc1cc(N2CCC(n3cncn3)CC2)c2cccc([N+](=O)[O-])c2n1. The van der Waals surface area contributed by atoms with Crippen LogP contribution in [0.2, 0.25) is 0 Å². The number of non-ortho nitro benzene ring substituents is 1. The van der Waals surface area contributed by atoms with Crippen molar-refractivity contribution < 1.29 is 4.92 Å². The minimum absolute atomic E-state index is 0.0555. The molecule has 0 bridgehead atoms. The van der Waals surface area contributed by atoms with Crippen LogP contribution in [-0.2, 0) is 0 Å². The molecule has 4 rings (SSSR count). The monoisotopic (exact) mass is 338 g/mol. The van der Waals surface area contributed by atoms with Crippen LogP contribution in [0, 0.1) is 17.0 Å². The second-order valence-electron chi connectivity index (χ2n) is 6.31. The van der Waals surface area contributed by atoms with E-state index in [1.54, 1.807) is 18.7 Å². The molecule has 8 heteroatoms. The van der Waals surface area contributed by atoms with Crippen LogP contribution in [0.25, 0.3) is 10.9 Å². The molecule has 0 N–H and O–H groups in total. The Hall–Kier alpha value is -3.03. The van der Waals surface area contributed by atoms with E-state index < -0.39 is 0 Å². The molecule has 1 aromatic carbocycles. The van der Waals surface area contributed by atoms with Crippen molar-refractivity contribution in [2.45, 2.75) is 25.8 Å².